The third-order valence-corrected chi connectivity index (χ3v) is 3.54. The van der Waals surface area contributed by atoms with Gasteiger partial charge in [0.15, 0.2) is 0 Å². The van der Waals surface area contributed by atoms with E-state index in [0.717, 1.165) is 23.8 Å². The maximum Gasteiger partial charge on any atom is 0.204 e. The van der Waals surface area contributed by atoms with E-state index in [4.69, 9.17) is 0 Å². The van der Waals surface area contributed by atoms with E-state index in [1.165, 1.54) is 0 Å². The molecule has 0 fully saturated rings. The van der Waals surface area contributed by atoms with Crippen molar-refractivity contribution in [2.24, 2.45) is 7.05 Å². The highest BCUT2D eigenvalue weighted by Gasteiger charge is 2.11. The van der Waals surface area contributed by atoms with Gasteiger partial charge in [-0.25, -0.2) is 13.8 Å². The molecule has 0 aliphatic carbocycles. The van der Waals surface area contributed by atoms with Gasteiger partial charge in [-0.2, -0.15) is 0 Å². The largest absolute Gasteiger partial charge is 0.377 e. The van der Waals surface area contributed by atoms with Crippen LogP contribution < -0.4 is 10.2 Å². The molecule has 4 nitrogen and oxygen atoms in total. The van der Waals surface area contributed by atoms with Crippen LogP contribution in [-0.2, 0) is 13.6 Å². The summed E-state index contributed by atoms with van der Waals surface area (Å²) in [5.41, 5.74) is 0.995. The van der Waals surface area contributed by atoms with Gasteiger partial charge in [0.25, 0.3) is 0 Å². The minimum atomic E-state index is -0.507. The number of nitrogens with one attached hydrogen (secondary N) is 1. The van der Waals surface area contributed by atoms with Gasteiger partial charge in [-0.05, 0) is 22.0 Å². The highest BCUT2D eigenvalue weighted by atomic mass is 79.9. The van der Waals surface area contributed by atoms with Crippen molar-refractivity contribution in [3.8, 4) is 0 Å². The first-order valence-corrected chi connectivity index (χ1v) is 6.75. The molecule has 2 rings (SSSR count). The second kappa shape index (κ2) is 5.78. The smallest absolute Gasteiger partial charge is 0.204 e. The number of anilines is 2. The molecule has 0 atom stereocenters. The minimum Gasteiger partial charge on any atom is -0.377 e. The first-order valence-electron chi connectivity index (χ1n) is 5.96. The molecular formula is C13H15BrF2N4. The number of benzene rings is 1. The van der Waals surface area contributed by atoms with Crippen molar-refractivity contribution in [3.05, 3.63) is 40.1 Å². The number of rotatable bonds is 4. The van der Waals surface area contributed by atoms with Crippen molar-refractivity contribution in [1.82, 2.24) is 9.55 Å². The van der Waals surface area contributed by atoms with Gasteiger partial charge in [0, 0.05) is 27.2 Å². The highest BCUT2D eigenvalue weighted by molar-refractivity contribution is 9.10. The van der Waals surface area contributed by atoms with Crippen LogP contribution in [-0.4, -0.2) is 23.6 Å². The summed E-state index contributed by atoms with van der Waals surface area (Å²) in [5.74, 6) is -0.217. The SMILES string of the molecule is CN(C)c1ncc(CNc2cc(F)c(Br)cc2F)n1C. The van der Waals surface area contributed by atoms with Crippen molar-refractivity contribution in [2.45, 2.75) is 6.54 Å². The maximum atomic E-state index is 13.7. The third-order valence-electron chi connectivity index (χ3n) is 2.93. The van der Waals surface area contributed by atoms with Crippen LogP contribution in [0.4, 0.5) is 20.4 Å². The molecule has 1 N–H and O–H groups in total. The summed E-state index contributed by atoms with van der Waals surface area (Å²) in [6.07, 6.45) is 1.70. The van der Waals surface area contributed by atoms with Crippen LogP contribution in [0.15, 0.2) is 22.8 Å². The van der Waals surface area contributed by atoms with Crippen LogP contribution in [0.5, 0.6) is 0 Å². The molecule has 0 saturated carbocycles. The van der Waals surface area contributed by atoms with Crippen molar-refractivity contribution in [3.63, 3.8) is 0 Å². The molecule has 108 valence electrons. The Balaban J connectivity index is 2.15. The first kappa shape index (κ1) is 14.8. The zero-order valence-corrected chi connectivity index (χ0v) is 13.0. The predicted octanol–water partition coefficient (Wildman–Crippen LogP) is 3.14. The average Bonchev–Trinajstić information content (AvgIpc) is 2.74. The van der Waals surface area contributed by atoms with Crippen LogP contribution in [0, 0.1) is 11.6 Å². The van der Waals surface area contributed by atoms with Crippen molar-refractivity contribution in [2.75, 3.05) is 24.3 Å². The van der Waals surface area contributed by atoms with E-state index in [9.17, 15) is 8.78 Å². The van der Waals surface area contributed by atoms with E-state index in [2.05, 4.69) is 26.2 Å². The van der Waals surface area contributed by atoms with E-state index in [1.54, 1.807) is 6.20 Å². The Labute approximate surface area is 124 Å². The molecule has 2 aromatic rings. The van der Waals surface area contributed by atoms with Gasteiger partial charge in [0.2, 0.25) is 5.95 Å². The summed E-state index contributed by atoms with van der Waals surface area (Å²) in [5, 5.41) is 2.88. The van der Waals surface area contributed by atoms with Crippen LogP contribution in [0.1, 0.15) is 5.69 Å². The highest BCUT2D eigenvalue weighted by Crippen LogP contribution is 2.24. The molecule has 0 aliphatic rings. The molecule has 20 heavy (non-hydrogen) atoms. The summed E-state index contributed by atoms with van der Waals surface area (Å²) in [7, 11) is 5.66. The number of aromatic nitrogens is 2. The molecule has 0 radical (unpaired) electrons. The summed E-state index contributed by atoms with van der Waals surface area (Å²) >= 11 is 2.94. The normalized spacial score (nSPS) is 10.7. The average molecular weight is 345 g/mol. The van der Waals surface area contributed by atoms with Gasteiger partial charge in [0.05, 0.1) is 28.6 Å². The summed E-state index contributed by atoms with van der Waals surface area (Å²) in [6.45, 7) is 0.356. The zero-order valence-electron chi connectivity index (χ0n) is 11.4. The lowest BCUT2D eigenvalue weighted by Gasteiger charge is -2.13. The van der Waals surface area contributed by atoms with Crippen LogP contribution >= 0.6 is 15.9 Å². The topological polar surface area (TPSA) is 33.1 Å². The lowest BCUT2D eigenvalue weighted by molar-refractivity contribution is 0.596. The van der Waals surface area contributed by atoms with Gasteiger partial charge in [-0.3, -0.25) is 0 Å². The summed E-state index contributed by atoms with van der Waals surface area (Å²) in [6, 6.07) is 2.23. The number of hydrogen-bond acceptors (Lipinski definition) is 3. The fourth-order valence-electron chi connectivity index (χ4n) is 1.86. The Morgan fingerprint density at radius 2 is 2.00 bits per heavy atom. The van der Waals surface area contributed by atoms with Crippen molar-refractivity contribution >= 4 is 27.6 Å². The number of imidazole rings is 1. The number of halogens is 3. The second-order valence-electron chi connectivity index (χ2n) is 4.60. The molecule has 0 amide bonds. The number of hydrogen-bond donors (Lipinski definition) is 1. The van der Waals surface area contributed by atoms with Gasteiger partial charge >= 0.3 is 0 Å². The molecule has 1 heterocycles. The molecule has 1 aromatic carbocycles. The van der Waals surface area contributed by atoms with E-state index in [-0.39, 0.29) is 10.2 Å². The maximum absolute atomic E-state index is 13.7. The molecule has 0 aliphatic heterocycles. The lowest BCUT2D eigenvalue weighted by Crippen LogP contribution is -2.15. The second-order valence-corrected chi connectivity index (χ2v) is 5.46. The number of nitrogens with zero attached hydrogens (tertiary/aromatic N) is 3. The molecule has 0 unspecified atom stereocenters. The first-order chi connectivity index (χ1) is 9.40. The van der Waals surface area contributed by atoms with Crippen LogP contribution in [0.3, 0.4) is 0 Å². The summed E-state index contributed by atoms with van der Waals surface area (Å²) < 4.78 is 29.1. The van der Waals surface area contributed by atoms with Gasteiger partial charge in [-0.15, -0.1) is 0 Å². The van der Waals surface area contributed by atoms with Crippen LogP contribution in [0.2, 0.25) is 0 Å². The van der Waals surface area contributed by atoms with E-state index >= 15 is 0 Å². The van der Waals surface area contributed by atoms with Gasteiger partial charge < -0.3 is 14.8 Å². The molecular weight excluding hydrogens is 330 g/mol. The van der Waals surface area contributed by atoms with Gasteiger partial charge in [0.1, 0.15) is 11.6 Å². The van der Waals surface area contributed by atoms with E-state index in [1.807, 2.05) is 30.6 Å². The Kier molecular flexibility index (Phi) is 4.27. The standard InChI is InChI=1S/C13H15BrF2N4/c1-19(2)13-18-7-8(20(13)3)6-17-12-5-10(15)9(14)4-11(12)16/h4-5,7,17H,6H2,1-3H3. The molecule has 7 heteroatoms. The summed E-state index contributed by atoms with van der Waals surface area (Å²) in [4.78, 5) is 6.13. The Morgan fingerprint density at radius 1 is 1.30 bits per heavy atom. The predicted molar refractivity (Wildman–Crippen MR) is 78.9 cm³/mol. The van der Waals surface area contributed by atoms with E-state index in [0.29, 0.717) is 6.54 Å². The molecule has 0 bridgehead atoms. The Morgan fingerprint density at radius 3 is 2.60 bits per heavy atom. The molecule has 0 saturated heterocycles. The van der Waals surface area contributed by atoms with Crippen molar-refractivity contribution in [1.29, 1.82) is 0 Å². The lowest BCUT2D eigenvalue weighted by atomic mass is 10.3. The van der Waals surface area contributed by atoms with E-state index < -0.39 is 11.6 Å². The minimum absolute atomic E-state index is 0.107. The van der Waals surface area contributed by atoms with Gasteiger partial charge in [-0.1, -0.05) is 0 Å². The van der Waals surface area contributed by atoms with Crippen LogP contribution in [0.25, 0.3) is 0 Å². The van der Waals surface area contributed by atoms with Crippen molar-refractivity contribution < 1.29 is 8.78 Å². The Hall–Kier alpha value is -1.63. The third kappa shape index (κ3) is 2.92. The fourth-order valence-corrected chi connectivity index (χ4v) is 2.17. The quantitative estimate of drug-likeness (QED) is 0.865. The fraction of sp³-hybridized carbons (Fsp3) is 0.308. The molecule has 0 spiro atoms. The Bertz CT molecular complexity index is 625. The monoisotopic (exact) mass is 344 g/mol. The molecule has 1 aromatic heterocycles. The zero-order chi connectivity index (χ0) is 14.9.